The summed E-state index contributed by atoms with van der Waals surface area (Å²) in [6.45, 7) is 1.28. The lowest BCUT2D eigenvalue weighted by Crippen LogP contribution is -2.07. The van der Waals surface area contributed by atoms with Gasteiger partial charge in [-0.3, -0.25) is 14.6 Å². The Morgan fingerprint density at radius 3 is 2.60 bits per heavy atom. The summed E-state index contributed by atoms with van der Waals surface area (Å²) in [4.78, 5) is 27.2. The number of carbonyl (C=O) groups is 2. The molecule has 0 spiro atoms. The van der Waals surface area contributed by atoms with Gasteiger partial charge in [0.1, 0.15) is 11.5 Å². The number of pyridine rings is 1. The minimum Gasteiger partial charge on any atom is -0.294 e. The van der Waals surface area contributed by atoms with Gasteiger partial charge >= 0.3 is 0 Å². The maximum Gasteiger partial charge on any atom is 0.185 e. The third-order valence-corrected chi connectivity index (χ3v) is 3.01. The fraction of sp³-hybridized carbons (Fsp3) is 0.133. The lowest BCUT2D eigenvalue weighted by atomic mass is 10.0. The topological polar surface area (TPSA) is 47.0 Å². The van der Waals surface area contributed by atoms with Crippen molar-refractivity contribution in [3.63, 3.8) is 0 Å². The number of Topliss-reactive ketones (excluding diaryl/α,β-unsaturated/α-hetero) is 2. The maximum absolute atomic E-state index is 13.4. The largest absolute Gasteiger partial charge is 0.294 e. The summed E-state index contributed by atoms with van der Waals surface area (Å²) in [6.07, 6.45) is 1.44. The van der Waals surface area contributed by atoms with E-state index < -0.39 is 5.82 Å². The predicted molar refractivity (Wildman–Crippen MR) is 73.7 cm³/mol. The van der Waals surface area contributed by atoms with Gasteiger partial charge in [-0.15, -0.1) is 0 Å². The Hall–Kier alpha value is -2.07. The molecule has 0 saturated carbocycles. The summed E-state index contributed by atoms with van der Waals surface area (Å²) in [7, 11) is 0. The summed E-state index contributed by atoms with van der Waals surface area (Å²) in [5.74, 6) is -1.18. The molecule has 0 amide bonds. The Bertz CT molecular complexity index is 668. The van der Waals surface area contributed by atoms with Crippen LogP contribution in [0.15, 0.2) is 36.5 Å². The van der Waals surface area contributed by atoms with E-state index in [9.17, 15) is 14.0 Å². The Balaban J connectivity index is 2.21. The number of halogens is 2. The highest BCUT2D eigenvalue weighted by Crippen LogP contribution is 2.14. The SMILES string of the molecule is CC(=O)c1cc(CC(=O)c2ccc(Cl)cn2)ccc1F. The zero-order chi connectivity index (χ0) is 14.7. The minimum atomic E-state index is -0.585. The quantitative estimate of drug-likeness (QED) is 0.810. The molecule has 2 aromatic rings. The van der Waals surface area contributed by atoms with Gasteiger partial charge in [0.15, 0.2) is 11.6 Å². The van der Waals surface area contributed by atoms with Crippen LogP contribution >= 0.6 is 11.6 Å². The predicted octanol–water partition coefficient (Wildman–Crippen LogP) is 3.50. The molecule has 0 unspecified atom stereocenters. The molecule has 0 radical (unpaired) electrons. The van der Waals surface area contributed by atoms with E-state index in [0.29, 0.717) is 10.6 Å². The number of rotatable bonds is 4. The van der Waals surface area contributed by atoms with Crippen molar-refractivity contribution in [3.8, 4) is 0 Å². The second kappa shape index (κ2) is 5.92. The molecule has 2 rings (SSSR count). The molecule has 0 aliphatic rings. The molecule has 20 heavy (non-hydrogen) atoms. The molecule has 0 atom stereocenters. The zero-order valence-corrected chi connectivity index (χ0v) is 11.4. The van der Waals surface area contributed by atoms with Crippen LogP contribution in [0.25, 0.3) is 0 Å². The number of ketones is 2. The third-order valence-electron chi connectivity index (χ3n) is 2.79. The van der Waals surface area contributed by atoms with Crippen molar-refractivity contribution in [2.75, 3.05) is 0 Å². The number of nitrogens with zero attached hydrogens (tertiary/aromatic N) is 1. The van der Waals surface area contributed by atoms with E-state index in [1.807, 2.05) is 0 Å². The van der Waals surface area contributed by atoms with E-state index in [1.54, 1.807) is 6.07 Å². The van der Waals surface area contributed by atoms with E-state index in [-0.39, 0.29) is 29.2 Å². The van der Waals surface area contributed by atoms with Gasteiger partial charge in [-0.05, 0) is 36.8 Å². The van der Waals surface area contributed by atoms with Crippen molar-refractivity contribution < 1.29 is 14.0 Å². The number of hydrogen-bond acceptors (Lipinski definition) is 3. The zero-order valence-electron chi connectivity index (χ0n) is 10.7. The van der Waals surface area contributed by atoms with Crippen LogP contribution in [0.1, 0.15) is 33.3 Å². The Labute approximate surface area is 120 Å². The lowest BCUT2D eigenvalue weighted by molar-refractivity contribution is 0.0982. The van der Waals surface area contributed by atoms with E-state index in [1.165, 1.54) is 37.4 Å². The van der Waals surface area contributed by atoms with Gasteiger partial charge in [-0.25, -0.2) is 4.39 Å². The normalized spacial score (nSPS) is 10.3. The highest BCUT2D eigenvalue weighted by Gasteiger charge is 2.12. The van der Waals surface area contributed by atoms with Gasteiger partial charge in [0.25, 0.3) is 0 Å². The van der Waals surface area contributed by atoms with Gasteiger partial charge in [-0.2, -0.15) is 0 Å². The van der Waals surface area contributed by atoms with Gasteiger partial charge in [-0.1, -0.05) is 17.7 Å². The van der Waals surface area contributed by atoms with Gasteiger partial charge in [0, 0.05) is 12.6 Å². The Kier molecular flexibility index (Phi) is 4.25. The van der Waals surface area contributed by atoms with Gasteiger partial charge in [0.2, 0.25) is 0 Å². The summed E-state index contributed by atoms with van der Waals surface area (Å²) in [5, 5.41) is 0.446. The van der Waals surface area contributed by atoms with E-state index in [0.717, 1.165) is 0 Å². The molecule has 0 bridgehead atoms. The smallest absolute Gasteiger partial charge is 0.185 e. The molecule has 0 saturated heterocycles. The van der Waals surface area contributed by atoms with Crippen molar-refractivity contribution in [2.45, 2.75) is 13.3 Å². The van der Waals surface area contributed by atoms with Crippen LogP contribution in [0.2, 0.25) is 5.02 Å². The van der Waals surface area contributed by atoms with Crippen molar-refractivity contribution in [2.24, 2.45) is 0 Å². The first-order valence-electron chi connectivity index (χ1n) is 5.91. The Morgan fingerprint density at radius 2 is 2.00 bits per heavy atom. The summed E-state index contributed by atoms with van der Waals surface area (Å²) in [6, 6.07) is 7.17. The molecule has 1 aromatic heterocycles. The van der Waals surface area contributed by atoms with Crippen LogP contribution in [0, 0.1) is 5.82 Å². The number of benzene rings is 1. The summed E-state index contributed by atoms with van der Waals surface area (Å²) >= 11 is 5.70. The van der Waals surface area contributed by atoms with Crippen molar-refractivity contribution in [3.05, 3.63) is 64.2 Å². The molecule has 0 N–H and O–H groups in total. The second-order valence-electron chi connectivity index (χ2n) is 4.33. The number of hydrogen-bond donors (Lipinski definition) is 0. The molecule has 3 nitrogen and oxygen atoms in total. The van der Waals surface area contributed by atoms with Crippen LogP contribution in [0.5, 0.6) is 0 Å². The molecule has 5 heteroatoms. The van der Waals surface area contributed by atoms with Crippen molar-refractivity contribution >= 4 is 23.2 Å². The maximum atomic E-state index is 13.4. The first-order chi connectivity index (χ1) is 9.47. The van der Waals surface area contributed by atoms with Crippen molar-refractivity contribution in [1.82, 2.24) is 4.98 Å². The second-order valence-corrected chi connectivity index (χ2v) is 4.77. The molecule has 0 aliphatic carbocycles. The molecular weight excluding hydrogens is 281 g/mol. The molecule has 0 fully saturated rings. The minimum absolute atomic E-state index is 0.0145. The monoisotopic (exact) mass is 291 g/mol. The lowest BCUT2D eigenvalue weighted by Gasteiger charge is -2.04. The molecular formula is C15H11ClFNO2. The molecule has 1 aromatic carbocycles. The molecule has 0 aliphatic heterocycles. The van der Waals surface area contributed by atoms with Crippen LogP contribution in [-0.2, 0) is 6.42 Å². The number of carbonyl (C=O) groups excluding carboxylic acids is 2. The van der Waals surface area contributed by atoms with E-state index >= 15 is 0 Å². The third kappa shape index (κ3) is 3.27. The van der Waals surface area contributed by atoms with Crippen LogP contribution in [0.3, 0.4) is 0 Å². The van der Waals surface area contributed by atoms with Crippen LogP contribution < -0.4 is 0 Å². The first-order valence-corrected chi connectivity index (χ1v) is 6.29. The number of aromatic nitrogens is 1. The van der Waals surface area contributed by atoms with Gasteiger partial charge < -0.3 is 0 Å². The average Bonchev–Trinajstić information content (AvgIpc) is 2.41. The first kappa shape index (κ1) is 14.3. The van der Waals surface area contributed by atoms with E-state index in [4.69, 9.17) is 11.6 Å². The molecule has 1 heterocycles. The highest BCUT2D eigenvalue weighted by molar-refractivity contribution is 6.30. The van der Waals surface area contributed by atoms with Crippen LogP contribution in [-0.4, -0.2) is 16.6 Å². The van der Waals surface area contributed by atoms with Crippen LogP contribution in [0.4, 0.5) is 4.39 Å². The summed E-state index contributed by atoms with van der Waals surface area (Å²) < 4.78 is 13.4. The summed E-state index contributed by atoms with van der Waals surface area (Å²) in [5.41, 5.74) is 0.834. The van der Waals surface area contributed by atoms with Gasteiger partial charge in [0.05, 0.1) is 10.6 Å². The fourth-order valence-corrected chi connectivity index (χ4v) is 1.88. The van der Waals surface area contributed by atoms with Crippen molar-refractivity contribution in [1.29, 1.82) is 0 Å². The van der Waals surface area contributed by atoms with E-state index in [2.05, 4.69) is 4.98 Å². The average molecular weight is 292 g/mol. The fourth-order valence-electron chi connectivity index (χ4n) is 1.77. The highest BCUT2D eigenvalue weighted by atomic mass is 35.5. The molecule has 102 valence electrons. The standard InChI is InChI=1S/C15H11ClFNO2/c1-9(19)12-6-10(2-4-13(12)17)7-15(20)14-5-3-11(16)8-18-14/h2-6,8H,7H2,1H3. The Morgan fingerprint density at radius 1 is 1.25 bits per heavy atom.